The SMILES string of the molecule is O=C(COC1CCCCC1)NC[C@@H]1CCN(c2ccccc2)C1. The van der Waals surface area contributed by atoms with Gasteiger partial charge in [0.2, 0.25) is 5.91 Å². The van der Waals surface area contributed by atoms with Crippen LogP contribution in [-0.4, -0.2) is 38.3 Å². The first-order valence-electron chi connectivity index (χ1n) is 8.99. The number of amides is 1. The lowest BCUT2D eigenvalue weighted by Crippen LogP contribution is -2.34. The quantitative estimate of drug-likeness (QED) is 0.877. The van der Waals surface area contributed by atoms with Crippen LogP contribution in [-0.2, 0) is 9.53 Å². The number of carbonyl (C=O) groups excluding carboxylic acids is 1. The van der Waals surface area contributed by atoms with Gasteiger partial charge in [-0.15, -0.1) is 0 Å². The van der Waals surface area contributed by atoms with Crippen molar-refractivity contribution in [3.8, 4) is 0 Å². The first-order valence-corrected chi connectivity index (χ1v) is 8.99. The standard InChI is InChI=1S/C19H28N2O2/c22-19(15-23-18-9-5-2-6-10-18)20-13-16-11-12-21(14-16)17-7-3-1-4-8-17/h1,3-4,7-8,16,18H,2,5-6,9-15H2,(H,20,22)/t16-/m0/s1. The van der Waals surface area contributed by atoms with Gasteiger partial charge in [0.05, 0.1) is 6.10 Å². The Bertz CT molecular complexity index is 485. The van der Waals surface area contributed by atoms with E-state index in [2.05, 4.69) is 34.5 Å². The first kappa shape index (κ1) is 16.3. The van der Waals surface area contributed by atoms with Gasteiger partial charge in [0.15, 0.2) is 0 Å². The summed E-state index contributed by atoms with van der Waals surface area (Å²) in [5, 5.41) is 3.05. The number of anilines is 1. The highest BCUT2D eigenvalue weighted by molar-refractivity contribution is 5.77. The molecule has 3 rings (SSSR count). The minimum Gasteiger partial charge on any atom is -0.371 e. The highest BCUT2D eigenvalue weighted by Gasteiger charge is 2.23. The molecule has 1 saturated carbocycles. The van der Waals surface area contributed by atoms with E-state index in [9.17, 15) is 4.79 Å². The van der Waals surface area contributed by atoms with Crippen molar-refractivity contribution in [3.05, 3.63) is 30.3 Å². The number of hydrogen-bond acceptors (Lipinski definition) is 3. The van der Waals surface area contributed by atoms with E-state index in [1.165, 1.54) is 24.9 Å². The average Bonchev–Trinajstić information content (AvgIpc) is 3.09. The Hall–Kier alpha value is -1.55. The third-order valence-electron chi connectivity index (χ3n) is 5.00. The van der Waals surface area contributed by atoms with Gasteiger partial charge in [-0.1, -0.05) is 37.5 Å². The Labute approximate surface area is 139 Å². The second-order valence-electron chi connectivity index (χ2n) is 6.81. The van der Waals surface area contributed by atoms with Crippen LogP contribution in [0.4, 0.5) is 5.69 Å². The molecule has 1 saturated heterocycles. The molecular formula is C19H28N2O2. The molecule has 0 unspecified atom stereocenters. The Kier molecular flexibility index (Phi) is 5.92. The van der Waals surface area contributed by atoms with Gasteiger partial charge in [-0.2, -0.15) is 0 Å². The molecule has 23 heavy (non-hydrogen) atoms. The zero-order valence-electron chi connectivity index (χ0n) is 13.9. The predicted molar refractivity (Wildman–Crippen MR) is 92.6 cm³/mol. The lowest BCUT2D eigenvalue weighted by molar-refractivity contribution is -0.128. The highest BCUT2D eigenvalue weighted by atomic mass is 16.5. The second-order valence-corrected chi connectivity index (χ2v) is 6.81. The van der Waals surface area contributed by atoms with Crippen LogP contribution in [0.15, 0.2) is 30.3 Å². The summed E-state index contributed by atoms with van der Waals surface area (Å²) < 4.78 is 5.73. The third kappa shape index (κ3) is 4.96. The number of nitrogens with zero attached hydrogens (tertiary/aromatic N) is 1. The largest absolute Gasteiger partial charge is 0.371 e. The van der Waals surface area contributed by atoms with Gasteiger partial charge in [-0.05, 0) is 37.3 Å². The normalized spacial score (nSPS) is 22.3. The van der Waals surface area contributed by atoms with Crippen LogP contribution in [0.5, 0.6) is 0 Å². The Morgan fingerprint density at radius 2 is 1.91 bits per heavy atom. The minimum atomic E-state index is 0.0359. The van der Waals surface area contributed by atoms with Crippen molar-refractivity contribution in [2.75, 3.05) is 31.1 Å². The fourth-order valence-corrected chi connectivity index (χ4v) is 3.61. The molecule has 1 amide bonds. The molecule has 1 N–H and O–H groups in total. The summed E-state index contributed by atoms with van der Waals surface area (Å²) in [5.41, 5.74) is 1.28. The molecule has 4 nitrogen and oxygen atoms in total. The molecule has 1 atom stereocenters. The van der Waals surface area contributed by atoms with Gasteiger partial charge < -0.3 is 15.0 Å². The molecule has 2 fully saturated rings. The molecule has 126 valence electrons. The number of nitrogens with one attached hydrogen (secondary N) is 1. The number of rotatable bonds is 6. The minimum absolute atomic E-state index is 0.0359. The van der Waals surface area contributed by atoms with Gasteiger partial charge in [-0.3, -0.25) is 4.79 Å². The average molecular weight is 316 g/mol. The number of carbonyl (C=O) groups is 1. The van der Waals surface area contributed by atoms with Crippen LogP contribution >= 0.6 is 0 Å². The summed E-state index contributed by atoms with van der Waals surface area (Å²) in [6.45, 7) is 3.08. The van der Waals surface area contributed by atoms with Gasteiger partial charge in [0.25, 0.3) is 0 Å². The van der Waals surface area contributed by atoms with Gasteiger partial charge >= 0.3 is 0 Å². The van der Waals surface area contributed by atoms with E-state index in [1.54, 1.807) is 0 Å². The highest BCUT2D eigenvalue weighted by Crippen LogP contribution is 2.23. The fraction of sp³-hybridized carbons (Fsp3) is 0.632. The molecule has 1 heterocycles. The van der Waals surface area contributed by atoms with E-state index >= 15 is 0 Å². The molecule has 1 aromatic rings. The van der Waals surface area contributed by atoms with Gasteiger partial charge in [-0.25, -0.2) is 0 Å². The van der Waals surface area contributed by atoms with Gasteiger partial charge in [0.1, 0.15) is 6.61 Å². The van der Waals surface area contributed by atoms with Crippen molar-refractivity contribution in [1.29, 1.82) is 0 Å². The summed E-state index contributed by atoms with van der Waals surface area (Å²) in [7, 11) is 0. The van der Waals surface area contributed by atoms with Crippen molar-refractivity contribution < 1.29 is 9.53 Å². The smallest absolute Gasteiger partial charge is 0.246 e. The molecule has 1 aliphatic carbocycles. The topological polar surface area (TPSA) is 41.6 Å². The first-order chi connectivity index (χ1) is 11.3. The van der Waals surface area contributed by atoms with E-state index in [4.69, 9.17) is 4.74 Å². The van der Waals surface area contributed by atoms with Gasteiger partial charge in [0, 0.05) is 25.3 Å². The van der Waals surface area contributed by atoms with E-state index in [1.807, 2.05) is 6.07 Å². The molecular weight excluding hydrogens is 288 g/mol. The molecule has 0 aromatic heterocycles. The monoisotopic (exact) mass is 316 g/mol. The maximum Gasteiger partial charge on any atom is 0.246 e. The molecule has 0 spiro atoms. The molecule has 4 heteroatoms. The van der Waals surface area contributed by atoms with E-state index in [0.29, 0.717) is 12.0 Å². The lowest BCUT2D eigenvalue weighted by atomic mass is 9.98. The zero-order valence-corrected chi connectivity index (χ0v) is 13.9. The number of hydrogen-bond donors (Lipinski definition) is 1. The van der Waals surface area contributed by atoms with Crippen LogP contribution in [0.3, 0.4) is 0 Å². The number of para-hydroxylation sites is 1. The Morgan fingerprint density at radius 1 is 1.13 bits per heavy atom. The van der Waals surface area contributed by atoms with Crippen LogP contribution in [0.2, 0.25) is 0 Å². The summed E-state index contributed by atoms with van der Waals surface area (Å²) in [6, 6.07) is 10.5. The zero-order chi connectivity index (χ0) is 15.9. The number of benzene rings is 1. The molecule has 1 aliphatic heterocycles. The molecule has 1 aromatic carbocycles. The van der Waals surface area contributed by atoms with E-state index < -0.39 is 0 Å². The van der Waals surface area contributed by atoms with E-state index in [0.717, 1.165) is 38.9 Å². The van der Waals surface area contributed by atoms with Crippen LogP contribution in [0.1, 0.15) is 38.5 Å². The van der Waals surface area contributed by atoms with Crippen molar-refractivity contribution in [2.24, 2.45) is 5.92 Å². The van der Waals surface area contributed by atoms with Crippen molar-refractivity contribution in [1.82, 2.24) is 5.32 Å². The summed E-state index contributed by atoms with van der Waals surface area (Å²) in [6.07, 6.45) is 7.45. The summed E-state index contributed by atoms with van der Waals surface area (Å²) in [4.78, 5) is 14.3. The van der Waals surface area contributed by atoms with Crippen LogP contribution in [0.25, 0.3) is 0 Å². The van der Waals surface area contributed by atoms with Crippen LogP contribution < -0.4 is 10.2 Å². The third-order valence-corrected chi connectivity index (χ3v) is 5.00. The number of ether oxygens (including phenoxy) is 1. The molecule has 0 radical (unpaired) electrons. The van der Waals surface area contributed by atoms with Crippen LogP contribution in [0, 0.1) is 5.92 Å². The van der Waals surface area contributed by atoms with Crippen molar-refractivity contribution in [3.63, 3.8) is 0 Å². The maximum atomic E-state index is 11.9. The summed E-state index contributed by atoms with van der Waals surface area (Å²) >= 11 is 0. The second kappa shape index (κ2) is 8.34. The summed E-state index contributed by atoms with van der Waals surface area (Å²) in [5.74, 6) is 0.572. The Morgan fingerprint density at radius 3 is 2.70 bits per heavy atom. The lowest BCUT2D eigenvalue weighted by Gasteiger charge is -2.22. The maximum absolute atomic E-state index is 11.9. The molecule has 2 aliphatic rings. The van der Waals surface area contributed by atoms with Crippen molar-refractivity contribution in [2.45, 2.75) is 44.6 Å². The van der Waals surface area contributed by atoms with E-state index in [-0.39, 0.29) is 12.5 Å². The predicted octanol–water partition coefficient (Wildman–Crippen LogP) is 2.98. The Balaban J connectivity index is 1.33. The fourth-order valence-electron chi connectivity index (χ4n) is 3.61. The molecule has 0 bridgehead atoms. The van der Waals surface area contributed by atoms with Crippen molar-refractivity contribution >= 4 is 11.6 Å².